The third-order valence-corrected chi connectivity index (χ3v) is 3.77. The lowest BCUT2D eigenvalue weighted by Crippen LogP contribution is -2.25. The second kappa shape index (κ2) is 6.04. The van der Waals surface area contributed by atoms with Crippen LogP contribution in [0.5, 0.6) is 5.75 Å². The quantitative estimate of drug-likeness (QED) is 0.893. The van der Waals surface area contributed by atoms with E-state index in [-0.39, 0.29) is 18.3 Å². The Morgan fingerprint density at radius 1 is 1.53 bits per heavy atom. The van der Waals surface area contributed by atoms with E-state index in [1.807, 2.05) is 0 Å². The Kier molecular flexibility index (Phi) is 5.24. The zero-order chi connectivity index (χ0) is 13.1. The molecule has 0 amide bonds. The molecule has 96 valence electrons. The van der Waals surface area contributed by atoms with Crippen LogP contribution in [0.4, 0.5) is 0 Å². The predicted molar refractivity (Wildman–Crippen MR) is 71.8 cm³/mol. The van der Waals surface area contributed by atoms with Gasteiger partial charge in [-0.1, -0.05) is 34.5 Å². The van der Waals surface area contributed by atoms with Crippen molar-refractivity contribution in [1.82, 2.24) is 0 Å². The fourth-order valence-corrected chi connectivity index (χ4v) is 2.67. The number of hydrogen-bond acceptors (Lipinski definition) is 3. The van der Waals surface area contributed by atoms with Gasteiger partial charge in [0.05, 0.1) is 17.4 Å². The van der Waals surface area contributed by atoms with Crippen molar-refractivity contribution < 1.29 is 13.2 Å². The van der Waals surface area contributed by atoms with E-state index in [1.54, 1.807) is 25.1 Å². The minimum atomic E-state index is -3.47. The normalized spacial score (nSPS) is 13.4. The van der Waals surface area contributed by atoms with Crippen LogP contribution in [0.2, 0.25) is 5.02 Å². The summed E-state index contributed by atoms with van der Waals surface area (Å²) < 4.78 is 28.0. The van der Waals surface area contributed by atoms with Gasteiger partial charge in [0.25, 0.3) is 0 Å². The summed E-state index contributed by atoms with van der Waals surface area (Å²) >= 11 is 9.22. The van der Waals surface area contributed by atoms with E-state index in [2.05, 4.69) is 15.9 Å². The first-order valence-corrected chi connectivity index (χ1v) is 7.75. The lowest BCUT2D eigenvalue weighted by atomic mass is 10.2. The maximum atomic E-state index is 10.9. The molecule has 7 heteroatoms. The Balaban J connectivity index is 2.58. The monoisotopic (exact) mass is 341 g/mol. The molecule has 0 fully saturated rings. The van der Waals surface area contributed by atoms with E-state index in [0.29, 0.717) is 10.8 Å². The van der Waals surface area contributed by atoms with Crippen LogP contribution >= 0.6 is 27.5 Å². The van der Waals surface area contributed by atoms with Crippen molar-refractivity contribution in [2.24, 2.45) is 11.1 Å². The molecule has 1 atom stereocenters. The number of ether oxygens (including phenoxy) is 1. The molecule has 1 aromatic rings. The highest BCUT2D eigenvalue weighted by molar-refractivity contribution is 9.10. The van der Waals surface area contributed by atoms with Crippen LogP contribution in [0, 0.1) is 5.92 Å². The van der Waals surface area contributed by atoms with E-state index in [0.717, 1.165) is 4.47 Å². The third-order valence-electron chi connectivity index (χ3n) is 1.93. The van der Waals surface area contributed by atoms with Crippen LogP contribution < -0.4 is 9.88 Å². The Hall–Kier alpha value is -0.300. The summed E-state index contributed by atoms with van der Waals surface area (Å²) in [5.41, 5.74) is 0. The van der Waals surface area contributed by atoms with Crippen molar-refractivity contribution >= 4 is 37.6 Å². The second-order valence-electron chi connectivity index (χ2n) is 3.82. The van der Waals surface area contributed by atoms with E-state index in [9.17, 15) is 8.42 Å². The summed E-state index contributed by atoms with van der Waals surface area (Å²) in [6.07, 6.45) is 0. The number of benzene rings is 1. The number of sulfonamides is 1. The van der Waals surface area contributed by atoms with Crippen molar-refractivity contribution in [3.05, 3.63) is 27.7 Å². The first-order chi connectivity index (χ1) is 7.78. The maximum Gasteiger partial charge on any atom is 0.209 e. The molecule has 0 spiro atoms. The summed E-state index contributed by atoms with van der Waals surface area (Å²) in [5, 5.41) is 5.42. The van der Waals surface area contributed by atoms with Crippen molar-refractivity contribution in [3.63, 3.8) is 0 Å². The maximum absolute atomic E-state index is 10.9. The molecular formula is C10H13BrClNO3S. The lowest BCUT2D eigenvalue weighted by molar-refractivity contribution is 0.272. The van der Waals surface area contributed by atoms with Crippen molar-refractivity contribution in [1.29, 1.82) is 0 Å². The van der Waals surface area contributed by atoms with Crippen LogP contribution in [-0.4, -0.2) is 20.8 Å². The van der Waals surface area contributed by atoms with Gasteiger partial charge in [-0.2, -0.15) is 0 Å². The number of halogens is 2. The summed E-state index contributed by atoms with van der Waals surface area (Å²) in [7, 11) is -3.47. The fraction of sp³-hybridized carbons (Fsp3) is 0.400. The van der Waals surface area contributed by atoms with Gasteiger partial charge in [-0.25, -0.2) is 13.6 Å². The highest BCUT2D eigenvalue weighted by Gasteiger charge is 2.12. The van der Waals surface area contributed by atoms with Crippen molar-refractivity contribution in [2.45, 2.75) is 6.92 Å². The van der Waals surface area contributed by atoms with Gasteiger partial charge in [0.15, 0.2) is 0 Å². The zero-order valence-electron chi connectivity index (χ0n) is 9.19. The molecule has 0 heterocycles. The SMILES string of the molecule is CC(COc1cc(Br)ccc1Cl)CS(N)(=O)=O. The average molecular weight is 343 g/mol. The first kappa shape index (κ1) is 14.8. The molecule has 0 radical (unpaired) electrons. The number of hydrogen-bond donors (Lipinski definition) is 1. The molecule has 0 aliphatic heterocycles. The topological polar surface area (TPSA) is 69.4 Å². The molecule has 1 rings (SSSR count). The molecule has 2 N–H and O–H groups in total. The number of rotatable bonds is 5. The van der Waals surface area contributed by atoms with Crippen LogP contribution in [-0.2, 0) is 10.0 Å². The molecule has 1 aromatic carbocycles. The summed E-state index contributed by atoms with van der Waals surface area (Å²) in [6, 6.07) is 5.22. The summed E-state index contributed by atoms with van der Waals surface area (Å²) in [4.78, 5) is 0. The van der Waals surface area contributed by atoms with Gasteiger partial charge >= 0.3 is 0 Å². The molecule has 0 saturated carbocycles. The fourth-order valence-electron chi connectivity index (χ4n) is 1.26. The smallest absolute Gasteiger partial charge is 0.209 e. The second-order valence-corrected chi connectivity index (χ2v) is 6.80. The van der Waals surface area contributed by atoms with Crippen LogP contribution in [0.25, 0.3) is 0 Å². The van der Waals surface area contributed by atoms with Crippen molar-refractivity contribution in [3.8, 4) is 5.75 Å². The van der Waals surface area contributed by atoms with E-state index in [4.69, 9.17) is 21.5 Å². The van der Waals surface area contributed by atoms with Crippen molar-refractivity contribution in [2.75, 3.05) is 12.4 Å². The largest absolute Gasteiger partial charge is 0.492 e. The van der Waals surface area contributed by atoms with E-state index >= 15 is 0 Å². The molecule has 0 aliphatic rings. The van der Waals surface area contributed by atoms with Gasteiger partial charge in [-0.15, -0.1) is 0 Å². The van der Waals surface area contributed by atoms with Gasteiger partial charge in [0.2, 0.25) is 10.0 Å². The van der Waals surface area contributed by atoms with Crippen LogP contribution in [0.15, 0.2) is 22.7 Å². The third kappa shape index (κ3) is 5.72. The standard InChI is InChI=1S/C10H13BrClNO3S/c1-7(6-17(13,14)15)5-16-10-4-8(11)2-3-9(10)12/h2-4,7H,5-6H2,1H3,(H2,13,14,15). The van der Waals surface area contributed by atoms with Gasteiger partial charge < -0.3 is 4.74 Å². The number of primary sulfonamides is 1. The van der Waals surface area contributed by atoms with Gasteiger partial charge in [0.1, 0.15) is 5.75 Å². The van der Waals surface area contributed by atoms with Crippen LogP contribution in [0.1, 0.15) is 6.92 Å². The lowest BCUT2D eigenvalue weighted by Gasteiger charge is -2.13. The number of nitrogens with two attached hydrogens (primary N) is 1. The van der Waals surface area contributed by atoms with Crippen LogP contribution in [0.3, 0.4) is 0 Å². The Bertz CT molecular complexity index is 492. The van der Waals surface area contributed by atoms with Gasteiger partial charge in [-0.05, 0) is 18.2 Å². The van der Waals surface area contributed by atoms with Gasteiger partial charge in [0, 0.05) is 10.4 Å². The molecule has 17 heavy (non-hydrogen) atoms. The average Bonchev–Trinajstić information content (AvgIpc) is 2.17. The van der Waals surface area contributed by atoms with E-state index in [1.165, 1.54) is 0 Å². The summed E-state index contributed by atoms with van der Waals surface area (Å²) in [6.45, 7) is 1.99. The Morgan fingerprint density at radius 2 is 2.18 bits per heavy atom. The summed E-state index contributed by atoms with van der Waals surface area (Å²) in [5.74, 6) is 0.209. The Labute approximate surface area is 114 Å². The molecule has 0 bridgehead atoms. The minimum absolute atomic E-state index is 0.112. The Morgan fingerprint density at radius 3 is 2.76 bits per heavy atom. The van der Waals surface area contributed by atoms with Gasteiger partial charge in [-0.3, -0.25) is 0 Å². The zero-order valence-corrected chi connectivity index (χ0v) is 12.3. The molecule has 0 aromatic heterocycles. The predicted octanol–water partition coefficient (Wildman–Crippen LogP) is 2.41. The molecule has 4 nitrogen and oxygen atoms in total. The van der Waals surface area contributed by atoms with E-state index < -0.39 is 10.0 Å². The first-order valence-electron chi connectivity index (χ1n) is 4.86. The highest BCUT2D eigenvalue weighted by atomic mass is 79.9. The minimum Gasteiger partial charge on any atom is -0.492 e. The molecule has 0 aliphatic carbocycles. The molecule has 0 saturated heterocycles. The molecule has 1 unspecified atom stereocenters. The molecular weight excluding hydrogens is 330 g/mol. The highest BCUT2D eigenvalue weighted by Crippen LogP contribution is 2.28.